The highest BCUT2D eigenvalue weighted by atomic mass is 35.5. The summed E-state index contributed by atoms with van der Waals surface area (Å²) in [6, 6.07) is 10.4. The number of rotatable bonds is 4. The minimum Gasteiger partial charge on any atom is -0.338 e. The number of nitro groups is 1. The Kier molecular flexibility index (Phi) is 4.66. The summed E-state index contributed by atoms with van der Waals surface area (Å²) < 4.78 is 13.3. The van der Waals surface area contributed by atoms with Crippen LogP contribution in [0.4, 0.5) is 21.6 Å². The number of hydrogen-bond acceptors (Lipinski definition) is 6. The van der Waals surface area contributed by atoms with E-state index >= 15 is 0 Å². The fourth-order valence-electron chi connectivity index (χ4n) is 2.95. The summed E-state index contributed by atoms with van der Waals surface area (Å²) in [6.07, 6.45) is 1.44. The van der Waals surface area contributed by atoms with Crippen molar-refractivity contribution in [3.63, 3.8) is 0 Å². The first-order valence-corrected chi connectivity index (χ1v) is 9.34. The summed E-state index contributed by atoms with van der Waals surface area (Å²) in [7, 11) is 0. The first-order chi connectivity index (χ1) is 13.4. The number of nitro benzene ring substituents is 1. The number of anilines is 2. The van der Waals surface area contributed by atoms with E-state index in [0.29, 0.717) is 11.5 Å². The van der Waals surface area contributed by atoms with E-state index < -0.39 is 4.92 Å². The van der Waals surface area contributed by atoms with E-state index in [1.54, 1.807) is 12.1 Å². The van der Waals surface area contributed by atoms with Gasteiger partial charge in [-0.15, -0.1) is 11.3 Å². The van der Waals surface area contributed by atoms with Gasteiger partial charge in [-0.3, -0.25) is 10.1 Å². The molecular formula is C19H12ClFN4O2S. The predicted molar refractivity (Wildman–Crippen MR) is 109 cm³/mol. The molecule has 0 saturated carbocycles. The molecule has 1 N–H and O–H groups in total. The van der Waals surface area contributed by atoms with Gasteiger partial charge in [0.25, 0.3) is 5.69 Å². The molecule has 4 aromatic rings. The summed E-state index contributed by atoms with van der Waals surface area (Å²) in [5.41, 5.74) is 2.14. The lowest BCUT2D eigenvalue weighted by Crippen LogP contribution is -1.97. The minimum atomic E-state index is -0.507. The molecule has 0 bridgehead atoms. The van der Waals surface area contributed by atoms with Crippen molar-refractivity contribution in [2.75, 3.05) is 5.32 Å². The molecule has 0 amide bonds. The quantitative estimate of drug-likeness (QED) is 0.322. The number of halogens is 2. The molecule has 0 aliphatic carbocycles. The zero-order valence-electron chi connectivity index (χ0n) is 14.4. The van der Waals surface area contributed by atoms with Crippen LogP contribution < -0.4 is 5.32 Å². The second-order valence-electron chi connectivity index (χ2n) is 5.99. The Labute approximate surface area is 167 Å². The van der Waals surface area contributed by atoms with Crippen molar-refractivity contribution in [2.45, 2.75) is 6.92 Å². The number of nitrogens with zero attached hydrogens (tertiary/aromatic N) is 3. The average Bonchev–Trinajstić information content (AvgIpc) is 3.00. The molecule has 4 rings (SSSR count). The van der Waals surface area contributed by atoms with E-state index in [2.05, 4.69) is 15.3 Å². The van der Waals surface area contributed by atoms with Crippen LogP contribution in [-0.4, -0.2) is 14.9 Å². The number of hydrogen-bond donors (Lipinski definition) is 1. The molecule has 9 heteroatoms. The zero-order valence-corrected chi connectivity index (χ0v) is 16.0. The van der Waals surface area contributed by atoms with Gasteiger partial charge in [0.15, 0.2) is 0 Å². The Bertz CT molecular complexity index is 1210. The van der Waals surface area contributed by atoms with E-state index in [1.807, 2.05) is 6.92 Å². The van der Waals surface area contributed by atoms with E-state index in [9.17, 15) is 14.5 Å². The van der Waals surface area contributed by atoms with Gasteiger partial charge < -0.3 is 5.32 Å². The van der Waals surface area contributed by atoms with Gasteiger partial charge in [-0.1, -0.05) is 23.7 Å². The van der Waals surface area contributed by atoms with Crippen molar-refractivity contribution in [2.24, 2.45) is 0 Å². The minimum absolute atomic E-state index is 0.0956. The molecule has 28 heavy (non-hydrogen) atoms. The molecular weight excluding hydrogens is 403 g/mol. The molecule has 2 heterocycles. The summed E-state index contributed by atoms with van der Waals surface area (Å²) in [5, 5.41) is 15.0. The van der Waals surface area contributed by atoms with Crippen LogP contribution in [0.2, 0.25) is 5.02 Å². The van der Waals surface area contributed by atoms with Crippen LogP contribution in [0, 0.1) is 22.9 Å². The fourth-order valence-corrected chi connectivity index (χ4v) is 4.18. The molecule has 0 radical (unpaired) electrons. The van der Waals surface area contributed by atoms with Gasteiger partial charge in [0.2, 0.25) is 0 Å². The monoisotopic (exact) mass is 414 g/mol. The first kappa shape index (κ1) is 18.3. The third-order valence-corrected chi connectivity index (χ3v) is 5.54. The van der Waals surface area contributed by atoms with E-state index in [0.717, 1.165) is 26.2 Å². The highest BCUT2D eigenvalue weighted by molar-refractivity contribution is 7.19. The largest absolute Gasteiger partial charge is 0.338 e. The van der Waals surface area contributed by atoms with Gasteiger partial charge in [-0.2, -0.15) is 0 Å². The van der Waals surface area contributed by atoms with Crippen molar-refractivity contribution in [3.8, 4) is 11.1 Å². The Morgan fingerprint density at radius 2 is 1.93 bits per heavy atom. The molecule has 2 aromatic heterocycles. The second kappa shape index (κ2) is 7.14. The Hall–Kier alpha value is -3.10. The molecule has 0 unspecified atom stereocenters. The van der Waals surface area contributed by atoms with Crippen LogP contribution in [-0.2, 0) is 0 Å². The Balaban J connectivity index is 1.84. The predicted octanol–water partition coefficient (Wildman–Crippen LogP) is 6.11. The van der Waals surface area contributed by atoms with Crippen molar-refractivity contribution in [3.05, 3.63) is 74.6 Å². The summed E-state index contributed by atoms with van der Waals surface area (Å²) in [4.78, 5) is 20.9. The van der Waals surface area contributed by atoms with Crippen LogP contribution in [0.1, 0.15) is 4.88 Å². The van der Waals surface area contributed by atoms with Crippen molar-refractivity contribution >= 4 is 50.3 Å². The van der Waals surface area contributed by atoms with Crippen LogP contribution in [0.5, 0.6) is 0 Å². The molecule has 0 saturated heterocycles. The molecule has 0 fully saturated rings. The van der Waals surface area contributed by atoms with Crippen molar-refractivity contribution in [1.29, 1.82) is 0 Å². The highest BCUT2D eigenvalue weighted by Gasteiger charge is 2.18. The van der Waals surface area contributed by atoms with E-state index in [-0.39, 0.29) is 16.5 Å². The van der Waals surface area contributed by atoms with Gasteiger partial charge >= 0.3 is 0 Å². The van der Waals surface area contributed by atoms with Gasteiger partial charge in [0.05, 0.1) is 21.0 Å². The summed E-state index contributed by atoms with van der Waals surface area (Å²) in [5.74, 6) is 0.206. The van der Waals surface area contributed by atoms with Gasteiger partial charge in [-0.25, -0.2) is 14.4 Å². The molecule has 140 valence electrons. The van der Waals surface area contributed by atoms with Crippen molar-refractivity contribution < 1.29 is 9.31 Å². The van der Waals surface area contributed by atoms with E-state index in [1.165, 1.54) is 48.0 Å². The van der Waals surface area contributed by atoms with Gasteiger partial charge in [0, 0.05) is 22.6 Å². The lowest BCUT2D eigenvalue weighted by Gasteiger charge is -2.10. The average molecular weight is 415 g/mol. The normalized spacial score (nSPS) is 11.0. The number of aryl methyl sites for hydroxylation is 1. The van der Waals surface area contributed by atoms with Crippen molar-refractivity contribution in [1.82, 2.24) is 9.97 Å². The molecule has 0 atom stereocenters. The Morgan fingerprint density at radius 1 is 1.18 bits per heavy atom. The Morgan fingerprint density at radius 3 is 2.61 bits per heavy atom. The first-order valence-electron chi connectivity index (χ1n) is 8.15. The SMILES string of the molecule is Cc1sc2ncnc(Nc3ccc([N+](=O)[O-])cc3Cl)c2c1-c1ccc(F)cc1. The molecule has 2 aromatic carbocycles. The zero-order chi connectivity index (χ0) is 19.8. The smallest absolute Gasteiger partial charge is 0.271 e. The number of benzene rings is 2. The lowest BCUT2D eigenvalue weighted by atomic mass is 10.0. The standard InChI is InChI=1S/C19H12ClFN4O2S/c1-10-16(11-2-4-12(21)5-3-11)17-18(22-9-23-19(17)28-10)24-15-7-6-13(25(26)27)8-14(15)20/h2-9H,1H3,(H,22,23,24). The third-order valence-electron chi connectivity index (χ3n) is 4.21. The number of thiophene rings is 1. The third kappa shape index (κ3) is 3.28. The van der Waals surface area contributed by atoms with Crippen LogP contribution >= 0.6 is 22.9 Å². The highest BCUT2D eigenvalue weighted by Crippen LogP contribution is 2.41. The number of nitrogens with one attached hydrogen (secondary N) is 1. The maximum absolute atomic E-state index is 13.3. The second-order valence-corrected chi connectivity index (χ2v) is 7.60. The molecule has 0 aliphatic heterocycles. The molecule has 6 nitrogen and oxygen atoms in total. The lowest BCUT2D eigenvalue weighted by molar-refractivity contribution is -0.384. The summed E-state index contributed by atoms with van der Waals surface area (Å²) >= 11 is 7.71. The number of non-ortho nitro benzene ring substituents is 1. The molecule has 0 aliphatic rings. The van der Waals surface area contributed by atoms with Gasteiger partial charge in [-0.05, 0) is 30.7 Å². The maximum atomic E-state index is 13.3. The molecule has 0 spiro atoms. The number of aromatic nitrogens is 2. The van der Waals surface area contributed by atoms with E-state index in [4.69, 9.17) is 11.6 Å². The van der Waals surface area contributed by atoms with Crippen LogP contribution in [0.15, 0.2) is 48.8 Å². The van der Waals surface area contributed by atoms with Crippen LogP contribution in [0.25, 0.3) is 21.3 Å². The van der Waals surface area contributed by atoms with Gasteiger partial charge in [0.1, 0.15) is 22.8 Å². The number of fused-ring (bicyclic) bond motifs is 1. The topological polar surface area (TPSA) is 81.0 Å². The fraction of sp³-hybridized carbons (Fsp3) is 0.0526. The summed E-state index contributed by atoms with van der Waals surface area (Å²) in [6.45, 7) is 1.97. The maximum Gasteiger partial charge on any atom is 0.271 e. The van der Waals surface area contributed by atoms with Crippen LogP contribution in [0.3, 0.4) is 0 Å².